The Kier molecular flexibility index (Phi) is 6.50. The number of carbonyl (C=O) groups excluding carboxylic acids is 2. The summed E-state index contributed by atoms with van der Waals surface area (Å²) >= 11 is 0. The van der Waals surface area contributed by atoms with E-state index < -0.39 is 0 Å². The fourth-order valence-corrected chi connectivity index (χ4v) is 1.59. The van der Waals surface area contributed by atoms with Crippen LogP contribution in [-0.2, 0) is 4.79 Å². The summed E-state index contributed by atoms with van der Waals surface area (Å²) in [6.07, 6.45) is 5.65. The summed E-state index contributed by atoms with van der Waals surface area (Å²) in [5.41, 5.74) is 1.33. The zero-order valence-corrected chi connectivity index (χ0v) is 12.3. The van der Waals surface area contributed by atoms with Gasteiger partial charge in [-0.2, -0.15) is 0 Å². The predicted octanol–water partition coefficient (Wildman–Crippen LogP) is 3.07. The van der Waals surface area contributed by atoms with Crippen LogP contribution < -0.4 is 5.32 Å². The number of nitrogens with one attached hydrogen (secondary N) is 1. The maximum atomic E-state index is 11.8. The second-order valence-corrected chi connectivity index (χ2v) is 4.87. The number of amides is 1. The van der Waals surface area contributed by atoms with Crippen LogP contribution in [0.5, 0.6) is 0 Å². The molecule has 20 heavy (non-hydrogen) atoms. The Balaban J connectivity index is 2.60. The first-order valence-electron chi connectivity index (χ1n) is 6.81. The average molecular weight is 274 g/mol. The van der Waals surface area contributed by atoms with Gasteiger partial charge >= 0.3 is 0 Å². The van der Waals surface area contributed by atoms with Gasteiger partial charge in [-0.25, -0.2) is 0 Å². The summed E-state index contributed by atoms with van der Waals surface area (Å²) in [7, 11) is 3.72. The molecule has 0 saturated heterocycles. The normalized spacial score (nSPS) is 10.6. The summed E-state index contributed by atoms with van der Waals surface area (Å²) in [5, 5.41) is 2.82. The van der Waals surface area contributed by atoms with Crippen molar-refractivity contribution in [2.75, 3.05) is 19.4 Å². The molecule has 0 aliphatic carbocycles. The van der Waals surface area contributed by atoms with E-state index in [1.165, 1.54) is 6.08 Å². The highest BCUT2D eigenvalue weighted by molar-refractivity contribution is 6.04. The zero-order chi connectivity index (χ0) is 15.0. The van der Waals surface area contributed by atoms with Crippen LogP contribution in [0, 0.1) is 0 Å². The molecular weight excluding hydrogens is 252 g/mol. The number of unbranched alkanes of at least 4 members (excludes halogenated alkanes) is 1. The molecule has 0 saturated carbocycles. The number of nitrogens with zero attached hydrogens (tertiary/aromatic N) is 1. The number of anilines is 1. The van der Waals surface area contributed by atoms with E-state index in [1.54, 1.807) is 35.4 Å². The Morgan fingerprint density at radius 1 is 1.20 bits per heavy atom. The summed E-state index contributed by atoms with van der Waals surface area (Å²) in [6, 6.07) is 6.94. The molecule has 0 aromatic heterocycles. The van der Waals surface area contributed by atoms with Gasteiger partial charge in [0.2, 0.25) is 5.91 Å². The van der Waals surface area contributed by atoms with Crippen LogP contribution in [0.3, 0.4) is 0 Å². The number of benzene rings is 1. The number of hydrogen-bond acceptors (Lipinski definition) is 3. The quantitative estimate of drug-likeness (QED) is 0.614. The molecule has 0 aliphatic rings. The lowest BCUT2D eigenvalue weighted by Crippen LogP contribution is -2.11. The number of ketones is 1. The van der Waals surface area contributed by atoms with Crippen LogP contribution in [0.4, 0.5) is 5.69 Å². The number of rotatable bonds is 7. The van der Waals surface area contributed by atoms with E-state index in [4.69, 9.17) is 0 Å². The van der Waals surface area contributed by atoms with E-state index in [2.05, 4.69) is 12.2 Å². The van der Waals surface area contributed by atoms with Crippen molar-refractivity contribution in [3.63, 3.8) is 0 Å². The molecule has 0 aliphatic heterocycles. The van der Waals surface area contributed by atoms with Crippen LogP contribution in [0.2, 0.25) is 0 Å². The van der Waals surface area contributed by atoms with E-state index in [9.17, 15) is 9.59 Å². The highest BCUT2D eigenvalue weighted by Crippen LogP contribution is 2.11. The minimum absolute atomic E-state index is 0.0124. The minimum atomic E-state index is -0.0532. The van der Waals surface area contributed by atoms with Crippen molar-refractivity contribution in [2.45, 2.75) is 26.2 Å². The smallest absolute Gasteiger partial charge is 0.224 e. The second-order valence-electron chi connectivity index (χ2n) is 4.87. The maximum absolute atomic E-state index is 11.8. The first kappa shape index (κ1) is 16.0. The Morgan fingerprint density at radius 3 is 2.40 bits per heavy atom. The maximum Gasteiger partial charge on any atom is 0.224 e. The molecule has 108 valence electrons. The fraction of sp³-hybridized carbons (Fsp3) is 0.375. The molecule has 0 spiro atoms. The molecule has 0 fully saturated rings. The fourth-order valence-electron chi connectivity index (χ4n) is 1.59. The van der Waals surface area contributed by atoms with E-state index in [0.717, 1.165) is 18.5 Å². The predicted molar refractivity (Wildman–Crippen MR) is 81.8 cm³/mol. The molecule has 1 N–H and O–H groups in total. The van der Waals surface area contributed by atoms with Gasteiger partial charge in [-0.3, -0.25) is 9.59 Å². The summed E-state index contributed by atoms with van der Waals surface area (Å²) in [4.78, 5) is 25.2. The van der Waals surface area contributed by atoms with Gasteiger partial charge in [-0.05, 0) is 30.7 Å². The standard InChI is InChI=1S/C16H22N2O2/c1-4-5-6-16(20)17-14-9-7-13(8-10-14)15(19)11-12-18(2)3/h7-12H,4-6H2,1-3H3,(H,17,20). The van der Waals surface area contributed by atoms with Crippen molar-refractivity contribution in [1.82, 2.24) is 4.90 Å². The SMILES string of the molecule is CCCCC(=O)Nc1ccc(C(=O)C=CN(C)C)cc1. The van der Waals surface area contributed by atoms with Crippen molar-refractivity contribution in [3.8, 4) is 0 Å². The lowest BCUT2D eigenvalue weighted by molar-refractivity contribution is -0.116. The molecule has 0 bridgehead atoms. The average Bonchev–Trinajstić information content (AvgIpc) is 2.43. The van der Waals surface area contributed by atoms with E-state index >= 15 is 0 Å². The first-order valence-corrected chi connectivity index (χ1v) is 6.81. The van der Waals surface area contributed by atoms with Gasteiger partial charge in [0.1, 0.15) is 0 Å². The van der Waals surface area contributed by atoms with Crippen LogP contribution in [0.15, 0.2) is 36.5 Å². The van der Waals surface area contributed by atoms with Crippen molar-refractivity contribution in [2.24, 2.45) is 0 Å². The molecule has 4 nitrogen and oxygen atoms in total. The van der Waals surface area contributed by atoms with Crippen LogP contribution in [-0.4, -0.2) is 30.7 Å². The largest absolute Gasteiger partial charge is 0.383 e. The van der Waals surface area contributed by atoms with Crippen molar-refractivity contribution < 1.29 is 9.59 Å². The van der Waals surface area contributed by atoms with Gasteiger partial charge in [0, 0.05) is 44.0 Å². The molecule has 1 aromatic rings. The minimum Gasteiger partial charge on any atom is -0.383 e. The Hall–Kier alpha value is -2.10. The third kappa shape index (κ3) is 5.69. The number of allylic oxidation sites excluding steroid dienone is 1. The molecule has 1 rings (SSSR count). The molecule has 0 unspecified atom stereocenters. The molecule has 0 heterocycles. The molecule has 4 heteroatoms. The zero-order valence-electron chi connectivity index (χ0n) is 12.3. The van der Waals surface area contributed by atoms with Crippen molar-refractivity contribution in [1.29, 1.82) is 0 Å². The van der Waals surface area contributed by atoms with Gasteiger partial charge in [-0.1, -0.05) is 13.3 Å². The summed E-state index contributed by atoms with van der Waals surface area (Å²) < 4.78 is 0. The topological polar surface area (TPSA) is 49.4 Å². The second kappa shape index (κ2) is 8.15. The third-order valence-electron chi connectivity index (χ3n) is 2.73. The van der Waals surface area contributed by atoms with Gasteiger partial charge in [-0.15, -0.1) is 0 Å². The number of hydrogen-bond donors (Lipinski definition) is 1. The number of carbonyl (C=O) groups is 2. The Labute approximate surface area is 120 Å². The van der Waals surface area contributed by atoms with E-state index in [-0.39, 0.29) is 11.7 Å². The van der Waals surface area contributed by atoms with Crippen molar-refractivity contribution in [3.05, 3.63) is 42.1 Å². The summed E-state index contributed by atoms with van der Waals surface area (Å²) in [5.74, 6) is -0.0408. The molecule has 1 amide bonds. The molecule has 0 radical (unpaired) electrons. The van der Waals surface area contributed by atoms with E-state index in [1.807, 2.05) is 14.1 Å². The Morgan fingerprint density at radius 2 is 1.85 bits per heavy atom. The van der Waals surface area contributed by atoms with Gasteiger partial charge in [0.15, 0.2) is 5.78 Å². The molecular formula is C16H22N2O2. The molecule has 0 atom stereocenters. The van der Waals surface area contributed by atoms with Gasteiger partial charge in [0.05, 0.1) is 0 Å². The van der Waals surface area contributed by atoms with Crippen LogP contribution in [0.1, 0.15) is 36.5 Å². The van der Waals surface area contributed by atoms with Crippen LogP contribution >= 0.6 is 0 Å². The highest BCUT2D eigenvalue weighted by Gasteiger charge is 2.04. The van der Waals surface area contributed by atoms with Gasteiger partial charge < -0.3 is 10.2 Å². The van der Waals surface area contributed by atoms with Crippen molar-refractivity contribution >= 4 is 17.4 Å². The highest BCUT2D eigenvalue weighted by atomic mass is 16.1. The first-order chi connectivity index (χ1) is 9.52. The van der Waals surface area contributed by atoms with E-state index in [0.29, 0.717) is 12.0 Å². The lowest BCUT2D eigenvalue weighted by atomic mass is 10.1. The Bertz CT molecular complexity index is 476. The lowest BCUT2D eigenvalue weighted by Gasteiger charge is -2.06. The van der Waals surface area contributed by atoms with Gasteiger partial charge in [0.25, 0.3) is 0 Å². The molecule has 1 aromatic carbocycles. The van der Waals surface area contributed by atoms with Crippen LogP contribution in [0.25, 0.3) is 0 Å². The monoisotopic (exact) mass is 274 g/mol. The third-order valence-corrected chi connectivity index (χ3v) is 2.73. The summed E-state index contributed by atoms with van der Waals surface area (Å²) in [6.45, 7) is 2.05.